The van der Waals surface area contributed by atoms with E-state index in [-0.39, 0.29) is 0 Å². The lowest BCUT2D eigenvalue weighted by Crippen LogP contribution is -2.29. The molecule has 0 saturated heterocycles. The fourth-order valence-corrected chi connectivity index (χ4v) is 2.62. The van der Waals surface area contributed by atoms with E-state index in [4.69, 9.17) is 0 Å². The Morgan fingerprint density at radius 1 is 1.25 bits per heavy atom. The molecule has 0 N–H and O–H groups in total. The lowest BCUT2D eigenvalue weighted by molar-refractivity contribution is -0.114. The number of hydrogen-bond acceptors (Lipinski definition) is 3. The Balaban J connectivity index is 2.02. The molecule has 0 fully saturated rings. The van der Waals surface area contributed by atoms with Crippen molar-refractivity contribution in [2.45, 2.75) is 13.5 Å². The van der Waals surface area contributed by atoms with Gasteiger partial charge in [0.25, 0.3) is 11.7 Å². The molecule has 2 aromatic rings. The Bertz CT molecular complexity index is 728. The first-order valence-electron chi connectivity index (χ1n) is 6.14. The third-order valence-corrected chi connectivity index (χ3v) is 3.85. The van der Waals surface area contributed by atoms with Crippen LogP contribution in [0, 0.1) is 6.92 Å². The summed E-state index contributed by atoms with van der Waals surface area (Å²) >= 11 is 3.32. The highest BCUT2D eigenvalue weighted by molar-refractivity contribution is 9.10. The molecule has 0 saturated carbocycles. The molecule has 0 aliphatic carbocycles. The number of carbonyl (C=O) groups is 2. The van der Waals surface area contributed by atoms with E-state index in [9.17, 15) is 9.59 Å². The van der Waals surface area contributed by atoms with Gasteiger partial charge < -0.3 is 0 Å². The van der Waals surface area contributed by atoms with Crippen LogP contribution in [0.2, 0.25) is 0 Å². The number of halogens is 1. The molecule has 1 aliphatic rings. The van der Waals surface area contributed by atoms with E-state index in [0.717, 1.165) is 15.7 Å². The maximum atomic E-state index is 12.1. The molecule has 1 amide bonds. The molecule has 4 nitrogen and oxygen atoms in total. The summed E-state index contributed by atoms with van der Waals surface area (Å²) in [6.45, 7) is 2.25. The Morgan fingerprint density at radius 2 is 2.05 bits per heavy atom. The van der Waals surface area contributed by atoms with Crippen LogP contribution in [0.4, 0.5) is 5.69 Å². The molecule has 0 unspecified atom stereocenters. The largest absolute Gasteiger partial charge is 0.299 e. The van der Waals surface area contributed by atoms with Gasteiger partial charge in [0, 0.05) is 10.7 Å². The number of ketones is 1. The first-order valence-corrected chi connectivity index (χ1v) is 6.93. The van der Waals surface area contributed by atoms with Crippen LogP contribution in [0.1, 0.15) is 21.6 Å². The Hall–Kier alpha value is -2.01. The number of benzene rings is 1. The number of amides is 1. The van der Waals surface area contributed by atoms with Gasteiger partial charge in [-0.3, -0.25) is 19.5 Å². The highest BCUT2D eigenvalue weighted by Crippen LogP contribution is 2.32. The van der Waals surface area contributed by atoms with E-state index >= 15 is 0 Å². The Labute approximate surface area is 124 Å². The average Bonchev–Trinajstić information content (AvgIpc) is 2.66. The normalized spacial score (nSPS) is 13.8. The predicted molar refractivity (Wildman–Crippen MR) is 78.6 cm³/mol. The fraction of sp³-hybridized carbons (Fsp3) is 0.133. The van der Waals surface area contributed by atoms with E-state index in [1.807, 2.05) is 25.1 Å². The molecule has 0 bridgehead atoms. The van der Waals surface area contributed by atoms with Crippen LogP contribution in [-0.4, -0.2) is 16.7 Å². The summed E-state index contributed by atoms with van der Waals surface area (Å²) in [5.41, 5.74) is 2.88. The summed E-state index contributed by atoms with van der Waals surface area (Å²) < 4.78 is 0.785. The second-order valence-electron chi connectivity index (χ2n) is 4.65. The van der Waals surface area contributed by atoms with Gasteiger partial charge in [0.2, 0.25) is 0 Å². The van der Waals surface area contributed by atoms with Crippen molar-refractivity contribution in [1.82, 2.24) is 4.98 Å². The summed E-state index contributed by atoms with van der Waals surface area (Å²) in [5, 5.41) is 0. The Kier molecular flexibility index (Phi) is 3.14. The van der Waals surface area contributed by atoms with Gasteiger partial charge in [-0.15, -0.1) is 0 Å². The van der Waals surface area contributed by atoms with Crippen molar-refractivity contribution in [2.24, 2.45) is 0 Å². The van der Waals surface area contributed by atoms with Crippen molar-refractivity contribution in [1.29, 1.82) is 0 Å². The van der Waals surface area contributed by atoms with Crippen molar-refractivity contribution in [3.63, 3.8) is 0 Å². The van der Waals surface area contributed by atoms with Crippen LogP contribution in [0.3, 0.4) is 0 Å². The van der Waals surface area contributed by atoms with E-state index in [2.05, 4.69) is 20.9 Å². The number of carbonyl (C=O) groups excluding carboxylic acids is 2. The maximum absolute atomic E-state index is 12.1. The summed E-state index contributed by atoms with van der Waals surface area (Å²) in [6, 6.07) is 9.07. The minimum Gasteiger partial charge on any atom is -0.299 e. The van der Waals surface area contributed by atoms with Crippen LogP contribution >= 0.6 is 15.9 Å². The first kappa shape index (κ1) is 13.0. The first-order chi connectivity index (χ1) is 9.58. The summed E-state index contributed by atoms with van der Waals surface area (Å²) in [4.78, 5) is 29.9. The number of hydrogen-bond donors (Lipinski definition) is 0. The number of rotatable bonds is 2. The molecule has 100 valence electrons. The van der Waals surface area contributed by atoms with Gasteiger partial charge >= 0.3 is 0 Å². The third kappa shape index (κ3) is 2.04. The fourth-order valence-electron chi connectivity index (χ4n) is 2.26. The molecular formula is C15H11BrN2O2. The van der Waals surface area contributed by atoms with Crippen molar-refractivity contribution in [3.8, 4) is 0 Å². The minimum atomic E-state index is -0.497. The molecule has 2 heterocycles. The standard InChI is InChI=1S/C15H11BrN2O2/c1-9-3-2-6-17-12(9)8-18-13-5-4-10(16)7-11(13)14(19)15(18)20/h2-7H,8H2,1H3. The van der Waals surface area contributed by atoms with Crippen LogP contribution in [-0.2, 0) is 11.3 Å². The van der Waals surface area contributed by atoms with E-state index in [1.54, 1.807) is 18.3 Å². The second kappa shape index (κ2) is 4.83. The second-order valence-corrected chi connectivity index (χ2v) is 5.56. The van der Waals surface area contributed by atoms with E-state index < -0.39 is 11.7 Å². The number of anilines is 1. The number of fused-ring (bicyclic) bond motifs is 1. The van der Waals surface area contributed by atoms with Gasteiger partial charge in [0.05, 0.1) is 23.5 Å². The molecule has 1 aromatic heterocycles. The van der Waals surface area contributed by atoms with Crippen LogP contribution in [0.15, 0.2) is 41.0 Å². The number of aromatic nitrogens is 1. The lowest BCUT2D eigenvalue weighted by Gasteiger charge is -2.17. The molecule has 1 aliphatic heterocycles. The average molecular weight is 331 g/mol. The number of aryl methyl sites for hydroxylation is 1. The van der Waals surface area contributed by atoms with Gasteiger partial charge in [-0.25, -0.2) is 0 Å². The van der Waals surface area contributed by atoms with E-state index in [1.165, 1.54) is 4.90 Å². The number of pyridine rings is 1. The maximum Gasteiger partial charge on any atom is 0.299 e. The van der Waals surface area contributed by atoms with E-state index in [0.29, 0.717) is 17.8 Å². The zero-order valence-corrected chi connectivity index (χ0v) is 12.3. The monoisotopic (exact) mass is 330 g/mol. The van der Waals surface area contributed by atoms with Gasteiger partial charge in [0.1, 0.15) is 0 Å². The third-order valence-electron chi connectivity index (χ3n) is 3.36. The molecular weight excluding hydrogens is 320 g/mol. The molecule has 20 heavy (non-hydrogen) atoms. The molecule has 0 spiro atoms. The predicted octanol–water partition coefficient (Wildman–Crippen LogP) is 2.88. The van der Waals surface area contributed by atoms with Crippen molar-refractivity contribution in [3.05, 3.63) is 57.8 Å². The number of nitrogens with zero attached hydrogens (tertiary/aromatic N) is 2. The topological polar surface area (TPSA) is 50.3 Å². The van der Waals surface area contributed by atoms with Gasteiger partial charge in [0.15, 0.2) is 0 Å². The SMILES string of the molecule is Cc1cccnc1CN1C(=O)C(=O)c2cc(Br)ccc21. The van der Waals surface area contributed by atoms with Crippen molar-refractivity contribution in [2.75, 3.05) is 4.90 Å². The Morgan fingerprint density at radius 3 is 2.80 bits per heavy atom. The van der Waals surface area contributed by atoms with Crippen LogP contribution < -0.4 is 4.90 Å². The zero-order valence-electron chi connectivity index (χ0n) is 10.8. The zero-order chi connectivity index (χ0) is 14.3. The minimum absolute atomic E-state index is 0.311. The van der Waals surface area contributed by atoms with Gasteiger partial charge in [-0.05, 0) is 36.8 Å². The molecule has 0 radical (unpaired) electrons. The van der Waals surface area contributed by atoms with Crippen LogP contribution in [0.25, 0.3) is 0 Å². The summed E-state index contributed by atoms with van der Waals surface area (Å²) in [5.74, 6) is -0.960. The van der Waals surface area contributed by atoms with Crippen LogP contribution in [0.5, 0.6) is 0 Å². The smallest absolute Gasteiger partial charge is 0.299 e. The lowest BCUT2D eigenvalue weighted by atomic mass is 10.1. The molecule has 0 atom stereocenters. The highest BCUT2D eigenvalue weighted by Gasteiger charge is 2.36. The molecule has 5 heteroatoms. The molecule has 1 aromatic carbocycles. The van der Waals surface area contributed by atoms with Crippen molar-refractivity contribution < 1.29 is 9.59 Å². The highest BCUT2D eigenvalue weighted by atomic mass is 79.9. The van der Waals surface area contributed by atoms with Gasteiger partial charge in [-0.2, -0.15) is 0 Å². The molecule has 3 rings (SSSR count). The summed E-state index contributed by atoms with van der Waals surface area (Å²) in [7, 11) is 0. The van der Waals surface area contributed by atoms with Crippen molar-refractivity contribution >= 4 is 33.3 Å². The summed E-state index contributed by atoms with van der Waals surface area (Å²) in [6.07, 6.45) is 1.69. The number of Topliss-reactive ketones (excluding diaryl/α,β-unsaturated/α-hetero) is 1. The van der Waals surface area contributed by atoms with Gasteiger partial charge in [-0.1, -0.05) is 22.0 Å². The quantitative estimate of drug-likeness (QED) is 0.795.